The number of carbonyl (C=O) groups excluding carboxylic acids is 1. The fourth-order valence-corrected chi connectivity index (χ4v) is 4.90. The third-order valence-corrected chi connectivity index (χ3v) is 6.18. The van der Waals surface area contributed by atoms with E-state index in [-0.39, 0.29) is 5.91 Å². The summed E-state index contributed by atoms with van der Waals surface area (Å²) in [6.07, 6.45) is 4.09. The molecule has 0 saturated heterocycles. The van der Waals surface area contributed by atoms with E-state index in [9.17, 15) is 10.1 Å². The van der Waals surface area contributed by atoms with E-state index in [2.05, 4.69) is 31.3 Å². The normalized spacial score (nSPS) is 15.7. The van der Waals surface area contributed by atoms with Crippen molar-refractivity contribution in [3.8, 4) is 11.8 Å². The number of nitrogens with one attached hydrogen (secondary N) is 1. The number of nitrogens with zero attached hydrogens (tertiary/aromatic N) is 1. The smallest absolute Gasteiger partial charge is 0.225 e. The molecule has 1 heterocycles. The molecular formula is C22H26N2O2S. The summed E-state index contributed by atoms with van der Waals surface area (Å²) in [6, 6.07) is 8.38. The van der Waals surface area contributed by atoms with Gasteiger partial charge in [-0.1, -0.05) is 24.6 Å². The molecule has 142 valence electrons. The maximum absolute atomic E-state index is 12.3. The predicted molar refractivity (Wildman–Crippen MR) is 109 cm³/mol. The van der Waals surface area contributed by atoms with Crippen LogP contribution in [0.15, 0.2) is 18.2 Å². The second kappa shape index (κ2) is 8.58. The number of hydrogen-bond acceptors (Lipinski definition) is 4. The Morgan fingerprint density at radius 1 is 1.41 bits per heavy atom. The number of amides is 1. The minimum absolute atomic E-state index is 0.0534. The number of benzene rings is 1. The highest BCUT2D eigenvalue weighted by Crippen LogP contribution is 2.39. The third kappa shape index (κ3) is 4.70. The first-order valence-electron chi connectivity index (χ1n) is 9.52. The zero-order chi connectivity index (χ0) is 19.4. The molecule has 0 fully saturated rings. The number of aryl methyl sites for hydroxylation is 2. The van der Waals surface area contributed by atoms with Gasteiger partial charge in [-0.05, 0) is 62.6 Å². The van der Waals surface area contributed by atoms with E-state index < -0.39 is 0 Å². The van der Waals surface area contributed by atoms with Crippen LogP contribution in [0.3, 0.4) is 0 Å². The van der Waals surface area contributed by atoms with E-state index in [1.165, 1.54) is 10.4 Å². The number of hydrogen-bond donors (Lipinski definition) is 1. The van der Waals surface area contributed by atoms with Crippen LogP contribution in [0.1, 0.15) is 53.3 Å². The maximum Gasteiger partial charge on any atom is 0.225 e. The minimum atomic E-state index is -0.0534. The van der Waals surface area contributed by atoms with E-state index in [1.807, 2.05) is 19.1 Å². The highest BCUT2D eigenvalue weighted by Gasteiger charge is 2.24. The summed E-state index contributed by atoms with van der Waals surface area (Å²) in [5.74, 6) is 1.46. The first-order valence-corrected chi connectivity index (χ1v) is 10.3. The molecular weight excluding hydrogens is 356 g/mol. The molecule has 0 saturated carbocycles. The average molecular weight is 383 g/mol. The van der Waals surface area contributed by atoms with E-state index in [1.54, 1.807) is 11.3 Å². The highest BCUT2D eigenvalue weighted by atomic mass is 32.1. The molecule has 1 atom stereocenters. The number of carbonyl (C=O) groups is 1. The molecule has 1 amide bonds. The van der Waals surface area contributed by atoms with Crippen molar-refractivity contribution in [2.24, 2.45) is 5.92 Å². The highest BCUT2D eigenvalue weighted by molar-refractivity contribution is 7.16. The number of nitriles is 1. The van der Waals surface area contributed by atoms with Crippen molar-refractivity contribution in [2.45, 2.75) is 52.9 Å². The van der Waals surface area contributed by atoms with Gasteiger partial charge in [0, 0.05) is 11.3 Å². The van der Waals surface area contributed by atoms with Gasteiger partial charge >= 0.3 is 0 Å². The monoisotopic (exact) mass is 382 g/mol. The summed E-state index contributed by atoms with van der Waals surface area (Å²) in [6.45, 7) is 6.82. The molecule has 0 radical (unpaired) electrons. The Kier molecular flexibility index (Phi) is 6.18. The largest absolute Gasteiger partial charge is 0.493 e. The van der Waals surface area contributed by atoms with Crippen LogP contribution in [0, 0.1) is 31.1 Å². The number of anilines is 1. The number of thiophene rings is 1. The molecule has 1 unspecified atom stereocenters. The van der Waals surface area contributed by atoms with Gasteiger partial charge in [-0.3, -0.25) is 4.79 Å². The molecule has 4 nitrogen and oxygen atoms in total. The Hall–Kier alpha value is -2.32. The molecule has 2 aromatic rings. The standard InChI is InChI=1S/C22H26N2O2S/c1-14-7-9-19(16(3)11-14)26-10-4-5-21(25)24-22-18(13-23)17-8-6-15(2)12-20(17)27-22/h7,9,11,15H,4-6,8,10,12H2,1-3H3,(H,24,25). The van der Waals surface area contributed by atoms with E-state index in [0.29, 0.717) is 30.9 Å². The first-order chi connectivity index (χ1) is 13.0. The van der Waals surface area contributed by atoms with Crippen LogP contribution in [0.4, 0.5) is 5.00 Å². The fourth-order valence-electron chi connectivity index (χ4n) is 3.52. The van der Waals surface area contributed by atoms with Crippen LogP contribution in [0.5, 0.6) is 5.75 Å². The van der Waals surface area contributed by atoms with Crippen molar-refractivity contribution in [1.82, 2.24) is 0 Å². The lowest BCUT2D eigenvalue weighted by Gasteiger charge is -2.17. The van der Waals surface area contributed by atoms with Gasteiger partial charge in [0.1, 0.15) is 16.8 Å². The quantitative estimate of drug-likeness (QED) is 0.702. The van der Waals surface area contributed by atoms with Crippen LogP contribution in [0.25, 0.3) is 0 Å². The van der Waals surface area contributed by atoms with Crippen LogP contribution >= 0.6 is 11.3 Å². The van der Waals surface area contributed by atoms with Gasteiger partial charge in [-0.25, -0.2) is 0 Å². The van der Waals surface area contributed by atoms with E-state index in [0.717, 1.165) is 41.1 Å². The summed E-state index contributed by atoms with van der Waals surface area (Å²) in [5.41, 5.74) is 4.13. The topological polar surface area (TPSA) is 62.1 Å². The summed E-state index contributed by atoms with van der Waals surface area (Å²) in [4.78, 5) is 13.6. The Morgan fingerprint density at radius 2 is 2.22 bits per heavy atom. The van der Waals surface area contributed by atoms with Crippen molar-refractivity contribution < 1.29 is 9.53 Å². The van der Waals surface area contributed by atoms with Crippen molar-refractivity contribution in [3.05, 3.63) is 45.3 Å². The van der Waals surface area contributed by atoms with Gasteiger partial charge in [-0.2, -0.15) is 5.26 Å². The van der Waals surface area contributed by atoms with E-state index in [4.69, 9.17) is 4.74 Å². The van der Waals surface area contributed by atoms with Crippen molar-refractivity contribution >= 4 is 22.2 Å². The molecule has 1 aliphatic carbocycles. The van der Waals surface area contributed by atoms with Gasteiger partial charge in [0.05, 0.1) is 12.2 Å². The second-order valence-corrected chi connectivity index (χ2v) is 8.54. The Balaban J connectivity index is 1.52. The van der Waals surface area contributed by atoms with Crippen molar-refractivity contribution in [1.29, 1.82) is 5.26 Å². The molecule has 0 aliphatic heterocycles. The SMILES string of the molecule is Cc1ccc(OCCCC(=O)Nc2sc3c(c2C#N)CCC(C)C3)c(C)c1. The maximum atomic E-state index is 12.3. The molecule has 5 heteroatoms. The van der Waals surface area contributed by atoms with Crippen LogP contribution < -0.4 is 10.1 Å². The van der Waals surface area contributed by atoms with Gasteiger partial charge in [0.2, 0.25) is 5.91 Å². The summed E-state index contributed by atoms with van der Waals surface area (Å²) >= 11 is 1.57. The molecule has 0 spiro atoms. The van der Waals surface area contributed by atoms with E-state index >= 15 is 0 Å². The van der Waals surface area contributed by atoms with Gasteiger partial charge < -0.3 is 10.1 Å². The van der Waals surface area contributed by atoms with Gasteiger partial charge in [-0.15, -0.1) is 11.3 Å². The lowest BCUT2D eigenvalue weighted by molar-refractivity contribution is -0.116. The van der Waals surface area contributed by atoms with Crippen LogP contribution in [-0.2, 0) is 17.6 Å². The predicted octanol–water partition coefficient (Wildman–Crippen LogP) is 5.16. The molecule has 1 aliphatic rings. The molecule has 3 rings (SSSR count). The third-order valence-electron chi connectivity index (χ3n) is 5.01. The second-order valence-electron chi connectivity index (χ2n) is 7.44. The van der Waals surface area contributed by atoms with Crippen molar-refractivity contribution in [2.75, 3.05) is 11.9 Å². The summed E-state index contributed by atoms with van der Waals surface area (Å²) in [5, 5.41) is 13.2. The zero-order valence-corrected chi connectivity index (χ0v) is 17.0. The molecule has 1 N–H and O–H groups in total. The molecule has 1 aromatic carbocycles. The van der Waals surface area contributed by atoms with Gasteiger partial charge in [0.25, 0.3) is 0 Å². The zero-order valence-electron chi connectivity index (χ0n) is 16.2. The number of rotatable bonds is 6. The Morgan fingerprint density at radius 3 is 2.96 bits per heavy atom. The average Bonchev–Trinajstić information content (AvgIpc) is 2.96. The number of fused-ring (bicyclic) bond motifs is 1. The van der Waals surface area contributed by atoms with Gasteiger partial charge in [0.15, 0.2) is 0 Å². The fraction of sp³-hybridized carbons (Fsp3) is 0.455. The molecule has 1 aromatic heterocycles. The lowest BCUT2D eigenvalue weighted by atomic mass is 9.88. The lowest BCUT2D eigenvalue weighted by Crippen LogP contribution is -2.13. The summed E-state index contributed by atoms with van der Waals surface area (Å²) in [7, 11) is 0. The molecule has 0 bridgehead atoms. The number of ether oxygens (including phenoxy) is 1. The molecule has 27 heavy (non-hydrogen) atoms. The minimum Gasteiger partial charge on any atom is -0.493 e. The van der Waals surface area contributed by atoms with Crippen molar-refractivity contribution in [3.63, 3.8) is 0 Å². The van der Waals surface area contributed by atoms with Crippen LogP contribution in [0.2, 0.25) is 0 Å². The summed E-state index contributed by atoms with van der Waals surface area (Å²) < 4.78 is 5.79. The first kappa shape index (κ1) is 19.4. The Bertz CT molecular complexity index is 879. The van der Waals surface area contributed by atoms with Crippen LogP contribution in [-0.4, -0.2) is 12.5 Å². The Labute approximate surface area is 165 Å².